The molecule has 5 heteroatoms. The van der Waals surface area contributed by atoms with Gasteiger partial charge in [-0.15, -0.1) is 11.3 Å². The number of anilines is 1. The lowest BCUT2D eigenvalue weighted by Crippen LogP contribution is -2.21. The Morgan fingerprint density at radius 1 is 1.23 bits per heavy atom. The topological polar surface area (TPSA) is 46.3 Å². The second-order valence-electron chi connectivity index (χ2n) is 5.12. The van der Waals surface area contributed by atoms with Crippen LogP contribution in [0.15, 0.2) is 39.7 Å². The average Bonchev–Trinajstić information content (AvgIpc) is 2.94. The van der Waals surface area contributed by atoms with E-state index in [0.29, 0.717) is 16.2 Å². The first-order valence-electron chi connectivity index (χ1n) is 7.38. The SMILES string of the molecule is CCN(CC)c1ccc2cc(-c3ncc(C)s3)c(=O)oc2c1. The van der Waals surface area contributed by atoms with Gasteiger partial charge in [-0.3, -0.25) is 0 Å². The molecule has 0 aliphatic rings. The number of thiazole rings is 1. The summed E-state index contributed by atoms with van der Waals surface area (Å²) in [6.07, 6.45) is 1.77. The number of hydrogen-bond acceptors (Lipinski definition) is 5. The fourth-order valence-corrected chi connectivity index (χ4v) is 3.28. The molecule has 0 aliphatic carbocycles. The molecule has 0 radical (unpaired) electrons. The van der Waals surface area contributed by atoms with E-state index in [1.54, 1.807) is 6.20 Å². The molecule has 0 unspecified atom stereocenters. The Kier molecular flexibility index (Phi) is 3.98. The van der Waals surface area contributed by atoms with Gasteiger partial charge in [-0.25, -0.2) is 9.78 Å². The number of benzene rings is 1. The van der Waals surface area contributed by atoms with E-state index in [-0.39, 0.29) is 5.63 Å². The summed E-state index contributed by atoms with van der Waals surface area (Å²) >= 11 is 1.50. The Balaban J connectivity index is 2.12. The number of aromatic nitrogens is 1. The Bertz CT molecular complexity index is 862. The third kappa shape index (κ3) is 2.64. The first-order chi connectivity index (χ1) is 10.6. The Morgan fingerprint density at radius 3 is 2.64 bits per heavy atom. The van der Waals surface area contributed by atoms with Gasteiger partial charge < -0.3 is 9.32 Å². The quantitative estimate of drug-likeness (QED) is 0.681. The fourth-order valence-electron chi connectivity index (χ4n) is 2.51. The third-order valence-corrected chi connectivity index (χ3v) is 4.65. The molecule has 3 rings (SSSR count). The van der Waals surface area contributed by atoms with Crippen molar-refractivity contribution < 1.29 is 4.42 Å². The molecule has 3 aromatic rings. The highest BCUT2D eigenvalue weighted by atomic mass is 32.1. The summed E-state index contributed by atoms with van der Waals surface area (Å²) < 4.78 is 5.52. The summed E-state index contributed by atoms with van der Waals surface area (Å²) in [6, 6.07) is 7.86. The highest BCUT2D eigenvalue weighted by Gasteiger charge is 2.12. The number of aryl methyl sites for hydroxylation is 1. The fraction of sp³-hybridized carbons (Fsp3) is 0.294. The van der Waals surface area contributed by atoms with Crippen LogP contribution >= 0.6 is 11.3 Å². The molecule has 0 atom stereocenters. The van der Waals surface area contributed by atoms with Crippen LogP contribution in [-0.2, 0) is 0 Å². The summed E-state index contributed by atoms with van der Waals surface area (Å²) in [5, 5.41) is 1.62. The molecule has 1 aromatic carbocycles. The molecule has 0 bridgehead atoms. The largest absolute Gasteiger partial charge is 0.422 e. The minimum absolute atomic E-state index is 0.335. The number of rotatable bonds is 4. The third-order valence-electron chi connectivity index (χ3n) is 3.70. The van der Waals surface area contributed by atoms with E-state index in [1.165, 1.54) is 11.3 Å². The summed E-state index contributed by atoms with van der Waals surface area (Å²) in [4.78, 5) is 19.8. The molecule has 0 spiro atoms. The van der Waals surface area contributed by atoms with Gasteiger partial charge in [0.25, 0.3) is 0 Å². The second kappa shape index (κ2) is 5.93. The minimum atomic E-state index is -0.335. The molecule has 2 aromatic heterocycles. The van der Waals surface area contributed by atoms with Crippen LogP contribution in [0.3, 0.4) is 0 Å². The van der Waals surface area contributed by atoms with Crippen molar-refractivity contribution >= 4 is 28.0 Å². The van der Waals surface area contributed by atoms with Crippen molar-refractivity contribution in [1.82, 2.24) is 4.98 Å². The van der Waals surface area contributed by atoms with Crippen molar-refractivity contribution in [3.05, 3.63) is 45.8 Å². The Labute approximate surface area is 133 Å². The van der Waals surface area contributed by atoms with Crippen LogP contribution in [0.25, 0.3) is 21.5 Å². The zero-order chi connectivity index (χ0) is 15.7. The highest BCUT2D eigenvalue weighted by molar-refractivity contribution is 7.14. The van der Waals surface area contributed by atoms with Gasteiger partial charge in [-0.1, -0.05) is 0 Å². The van der Waals surface area contributed by atoms with Crippen molar-refractivity contribution in [2.24, 2.45) is 0 Å². The van der Waals surface area contributed by atoms with Crippen molar-refractivity contribution in [3.63, 3.8) is 0 Å². The molecule has 0 amide bonds. The maximum atomic E-state index is 12.2. The molecule has 0 saturated carbocycles. The van der Waals surface area contributed by atoms with Gasteiger partial charge >= 0.3 is 5.63 Å². The number of hydrogen-bond donors (Lipinski definition) is 0. The van der Waals surface area contributed by atoms with Crippen molar-refractivity contribution in [1.29, 1.82) is 0 Å². The van der Waals surface area contributed by atoms with Gasteiger partial charge in [0, 0.05) is 41.3 Å². The number of nitrogens with zero attached hydrogens (tertiary/aromatic N) is 2. The molecular weight excluding hydrogens is 296 g/mol. The zero-order valence-electron chi connectivity index (χ0n) is 12.9. The molecular formula is C17H18N2O2S. The van der Waals surface area contributed by atoms with Crippen LogP contribution < -0.4 is 10.5 Å². The van der Waals surface area contributed by atoms with Crippen molar-refractivity contribution in [2.75, 3.05) is 18.0 Å². The molecule has 0 fully saturated rings. The summed E-state index contributed by atoms with van der Waals surface area (Å²) in [7, 11) is 0. The first-order valence-corrected chi connectivity index (χ1v) is 8.19. The van der Waals surface area contributed by atoms with E-state index in [0.717, 1.165) is 29.0 Å². The van der Waals surface area contributed by atoms with Crippen molar-refractivity contribution in [3.8, 4) is 10.6 Å². The Hall–Kier alpha value is -2.14. The normalized spacial score (nSPS) is 11.0. The van der Waals surface area contributed by atoms with E-state index >= 15 is 0 Å². The first kappa shape index (κ1) is 14.8. The lowest BCUT2D eigenvalue weighted by molar-refractivity contribution is 0.563. The van der Waals surface area contributed by atoms with Crippen LogP contribution in [0.5, 0.6) is 0 Å². The van der Waals surface area contributed by atoms with Crippen LogP contribution in [0.1, 0.15) is 18.7 Å². The molecule has 2 heterocycles. The standard InChI is InChI=1S/C17H18N2O2S/c1-4-19(5-2)13-7-6-12-8-14(16-18-10-11(3)22-16)17(20)21-15(12)9-13/h6-10H,4-5H2,1-3H3. The van der Waals surface area contributed by atoms with Gasteiger partial charge in [-0.2, -0.15) is 0 Å². The highest BCUT2D eigenvalue weighted by Crippen LogP contribution is 2.27. The molecule has 4 nitrogen and oxygen atoms in total. The lowest BCUT2D eigenvalue weighted by atomic mass is 10.1. The van der Waals surface area contributed by atoms with Crippen LogP contribution in [0.2, 0.25) is 0 Å². The van der Waals surface area contributed by atoms with E-state index in [9.17, 15) is 4.79 Å². The lowest BCUT2D eigenvalue weighted by Gasteiger charge is -2.20. The summed E-state index contributed by atoms with van der Waals surface area (Å²) in [6.45, 7) is 8.03. The number of fused-ring (bicyclic) bond motifs is 1. The predicted molar refractivity (Wildman–Crippen MR) is 91.9 cm³/mol. The molecule has 114 valence electrons. The van der Waals surface area contributed by atoms with E-state index in [4.69, 9.17) is 4.42 Å². The molecule has 0 N–H and O–H groups in total. The van der Waals surface area contributed by atoms with E-state index in [1.807, 2.05) is 25.1 Å². The molecule has 0 saturated heterocycles. The van der Waals surface area contributed by atoms with E-state index < -0.39 is 0 Å². The van der Waals surface area contributed by atoms with Gasteiger partial charge in [0.15, 0.2) is 0 Å². The second-order valence-corrected chi connectivity index (χ2v) is 6.35. The van der Waals surface area contributed by atoms with Crippen LogP contribution in [0, 0.1) is 6.92 Å². The minimum Gasteiger partial charge on any atom is -0.422 e. The van der Waals surface area contributed by atoms with Gasteiger partial charge in [0.2, 0.25) is 0 Å². The maximum absolute atomic E-state index is 12.2. The summed E-state index contributed by atoms with van der Waals surface area (Å²) in [5.74, 6) is 0. The maximum Gasteiger partial charge on any atom is 0.346 e. The molecule has 0 aliphatic heterocycles. The smallest absolute Gasteiger partial charge is 0.346 e. The monoisotopic (exact) mass is 314 g/mol. The van der Waals surface area contributed by atoms with E-state index in [2.05, 4.69) is 29.8 Å². The van der Waals surface area contributed by atoms with Gasteiger partial charge in [0.05, 0.1) is 5.56 Å². The average molecular weight is 314 g/mol. The zero-order valence-corrected chi connectivity index (χ0v) is 13.7. The van der Waals surface area contributed by atoms with Crippen LogP contribution in [0.4, 0.5) is 5.69 Å². The summed E-state index contributed by atoms with van der Waals surface area (Å²) in [5.41, 5.74) is 1.88. The Morgan fingerprint density at radius 2 is 2.00 bits per heavy atom. The van der Waals surface area contributed by atoms with Crippen molar-refractivity contribution in [2.45, 2.75) is 20.8 Å². The predicted octanol–water partition coefficient (Wildman–Crippen LogP) is 4.07. The molecule has 22 heavy (non-hydrogen) atoms. The van der Waals surface area contributed by atoms with Gasteiger partial charge in [-0.05, 0) is 39.0 Å². The van der Waals surface area contributed by atoms with Crippen LogP contribution in [-0.4, -0.2) is 18.1 Å². The van der Waals surface area contributed by atoms with Gasteiger partial charge in [0.1, 0.15) is 10.6 Å².